The van der Waals surface area contributed by atoms with Gasteiger partial charge in [0.25, 0.3) is 0 Å². The zero-order chi connectivity index (χ0) is 9.97. The summed E-state index contributed by atoms with van der Waals surface area (Å²) in [4.78, 5) is 2.55. The summed E-state index contributed by atoms with van der Waals surface area (Å²) < 4.78 is 0. The van der Waals surface area contributed by atoms with Crippen molar-refractivity contribution >= 4 is 12.6 Å². The van der Waals surface area contributed by atoms with Crippen molar-refractivity contribution in [1.82, 2.24) is 4.90 Å². The number of rotatable bonds is 3. The van der Waals surface area contributed by atoms with Crippen LogP contribution >= 0.6 is 12.6 Å². The van der Waals surface area contributed by atoms with Crippen molar-refractivity contribution in [2.75, 3.05) is 12.3 Å². The van der Waals surface area contributed by atoms with Crippen LogP contribution in [0.1, 0.15) is 25.7 Å². The molecule has 2 bridgehead atoms. The molecule has 2 heterocycles. The molecule has 2 aliphatic heterocycles. The lowest BCUT2D eigenvalue weighted by Gasteiger charge is -2.36. The van der Waals surface area contributed by atoms with Gasteiger partial charge in [0.1, 0.15) is 0 Å². The molecule has 80 valence electrons. The average Bonchev–Trinajstić information content (AvgIpc) is 2.42. The van der Waals surface area contributed by atoms with Crippen LogP contribution in [0.3, 0.4) is 0 Å². The van der Waals surface area contributed by atoms with Crippen LogP contribution in [0.2, 0.25) is 0 Å². The van der Waals surface area contributed by atoms with Crippen LogP contribution in [0.4, 0.5) is 0 Å². The second-order valence-electron chi connectivity index (χ2n) is 4.36. The minimum atomic E-state index is -0.0439. The number of nitrogens with zero attached hydrogens (tertiary/aromatic N) is 1. The molecular weight excluding hydrogens is 194 g/mol. The Hall–Kier alpha value is 0.01000. The van der Waals surface area contributed by atoms with Crippen molar-refractivity contribution in [1.29, 1.82) is 0 Å². The van der Waals surface area contributed by atoms with Gasteiger partial charge < -0.3 is 5.11 Å². The molecule has 0 saturated carbocycles. The standard InChI is InChI=1S/C11H19NOS/c13-11-7-9-3-4-10(8-11)12(9)5-1-2-6-14/h1-2,9-11,13-14H,3-8H2. The molecular formula is C11H19NOS. The highest BCUT2D eigenvalue weighted by Gasteiger charge is 2.39. The van der Waals surface area contributed by atoms with Crippen molar-refractivity contribution in [3.63, 3.8) is 0 Å². The Bertz CT molecular complexity index is 205. The molecule has 2 nitrogen and oxygen atoms in total. The van der Waals surface area contributed by atoms with Crippen molar-refractivity contribution in [3.8, 4) is 0 Å². The van der Waals surface area contributed by atoms with Crippen LogP contribution in [0.25, 0.3) is 0 Å². The van der Waals surface area contributed by atoms with Crippen molar-refractivity contribution in [3.05, 3.63) is 12.2 Å². The monoisotopic (exact) mass is 213 g/mol. The quantitative estimate of drug-likeness (QED) is 0.548. The fraction of sp³-hybridized carbons (Fsp3) is 0.818. The molecule has 2 unspecified atom stereocenters. The Labute approximate surface area is 91.4 Å². The summed E-state index contributed by atoms with van der Waals surface area (Å²) in [5, 5.41) is 9.62. The highest BCUT2D eigenvalue weighted by molar-refractivity contribution is 7.80. The second kappa shape index (κ2) is 4.69. The van der Waals surface area contributed by atoms with E-state index in [2.05, 4.69) is 29.7 Å². The topological polar surface area (TPSA) is 23.5 Å². The predicted molar refractivity (Wildman–Crippen MR) is 61.7 cm³/mol. The molecule has 14 heavy (non-hydrogen) atoms. The first-order valence-electron chi connectivity index (χ1n) is 5.51. The van der Waals surface area contributed by atoms with Gasteiger partial charge >= 0.3 is 0 Å². The minimum Gasteiger partial charge on any atom is -0.393 e. The van der Waals surface area contributed by atoms with Gasteiger partial charge in [0.2, 0.25) is 0 Å². The van der Waals surface area contributed by atoms with Crippen LogP contribution in [0, 0.1) is 0 Å². The number of fused-ring (bicyclic) bond motifs is 2. The van der Waals surface area contributed by atoms with Crippen LogP contribution < -0.4 is 0 Å². The van der Waals surface area contributed by atoms with Crippen molar-refractivity contribution < 1.29 is 5.11 Å². The third-order valence-electron chi connectivity index (χ3n) is 3.45. The lowest BCUT2D eigenvalue weighted by molar-refractivity contribution is 0.0421. The highest BCUT2D eigenvalue weighted by atomic mass is 32.1. The molecule has 3 heteroatoms. The third-order valence-corrected chi connectivity index (χ3v) is 3.66. The number of aliphatic hydroxyl groups is 1. The largest absolute Gasteiger partial charge is 0.393 e. The summed E-state index contributed by atoms with van der Waals surface area (Å²) in [6, 6.07) is 1.27. The maximum absolute atomic E-state index is 9.62. The van der Waals surface area contributed by atoms with E-state index in [4.69, 9.17) is 0 Å². The van der Waals surface area contributed by atoms with Gasteiger partial charge in [-0.2, -0.15) is 12.6 Å². The molecule has 2 saturated heterocycles. The molecule has 0 radical (unpaired) electrons. The van der Waals surface area contributed by atoms with E-state index in [1.165, 1.54) is 12.8 Å². The molecule has 2 aliphatic rings. The number of piperidine rings is 1. The molecule has 0 spiro atoms. The van der Waals surface area contributed by atoms with Gasteiger partial charge in [0.05, 0.1) is 6.10 Å². The predicted octanol–water partition coefficient (Wildman–Crippen LogP) is 1.46. The fourth-order valence-corrected chi connectivity index (χ4v) is 2.96. The van der Waals surface area contributed by atoms with E-state index in [-0.39, 0.29) is 6.10 Å². The maximum atomic E-state index is 9.62. The minimum absolute atomic E-state index is 0.0439. The Balaban J connectivity index is 1.90. The first-order chi connectivity index (χ1) is 6.81. The van der Waals surface area contributed by atoms with Crippen molar-refractivity contribution in [2.24, 2.45) is 0 Å². The molecule has 2 atom stereocenters. The normalized spacial score (nSPS) is 38.3. The van der Waals surface area contributed by atoms with E-state index in [1.54, 1.807) is 0 Å². The Morgan fingerprint density at radius 3 is 2.43 bits per heavy atom. The van der Waals surface area contributed by atoms with Crippen LogP contribution in [0.5, 0.6) is 0 Å². The summed E-state index contributed by atoms with van der Waals surface area (Å²) in [6.07, 6.45) is 8.77. The maximum Gasteiger partial charge on any atom is 0.0570 e. The molecule has 0 aromatic rings. The smallest absolute Gasteiger partial charge is 0.0570 e. The average molecular weight is 213 g/mol. The Morgan fingerprint density at radius 2 is 1.86 bits per heavy atom. The molecule has 0 aliphatic carbocycles. The third kappa shape index (κ3) is 2.15. The zero-order valence-electron chi connectivity index (χ0n) is 8.47. The lowest BCUT2D eigenvalue weighted by atomic mass is 10.00. The van der Waals surface area contributed by atoms with Crippen molar-refractivity contribution in [2.45, 2.75) is 43.9 Å². The number of thiol groups is 1. The SMILES string of the molecule is OC1CC2CCC(C1)N2CC=CCS. The molecule has 2 rings (SSSR count). The molecule has 2 fully saturated rings. The fourth-order valence-electron chi connectivity index (χ4n) is 2.81. The van der Waals surface area contributed by atoms with E-state index in [1.807, 2.05) is 0 Å². The summed E-state index contributed by atoms with van der Waals surface area (Å²) in [5.74, 6) is 0.825. The molecule has 0 aromatic carbocycles. The lowest BCUT2D eigenvalue weighted by Crippen LogP contribution is -2.44. The van der Waals surface area contributed by atoms with Gasteiger partial charge in [-0.05, 0) is 25.7 Å². The van der Waals surface area contributed by atoms with E-state index in [0.717, 1.165) is 25.1 Å². The van der Waals surface area contributed by atoms with Crippen LogP contribution in [-0.4, -0.2) is 40.5 Å². The first-order valence-corrected chi connectivity index (χ1v) is 6.14. The summed E-state index contributed by atoms with van der Waals surface area (Å²) in [7, 11) is 0. The molecule has 1 N–H and O–H groups in total. The first kappa shape index (κ1) is 10.5. The van der Waals surface area contributed by atoms with Crippen LogP contribution in [-0.2, 0) is 0 Å². The Morgan fingerprint density at radius 1 is 1.21 bits per heavy atom. The van der Waals surface area contributed by atoms with Gasteiger partial charge in [-0.1, -0.05) is 12.2 Å². The highest BCUT2D eigenvalue weighted by Crippen LogP contribution is 2.35. The number of aliphatic hydroxyl groups excluding tert-OH is 1. The van der Waals surface area contributed by atoms with E-state index < -0.39 is 0 Å². The van der Waals surface area contributed by atoms with E-state index >= 15 is 0 Å². The van der Waals surface area contributed by atoms with Gasteiger partial charge in [0, 0.05) is 24.4 Å². The van der Waals surface area contributed by atoms with E-state index in [9.17, 15) is 5.11 Å². The van der Waals surface area contributed by atoms with Crippen LogP contribution in [0.15, 0.2) is 12.2 Å². The van der Waals surface area contributed by atoms with Gasteiger partial charge in [-0.25, -0.2) is 0 Å². The Kier molecular flexibility index (Phi) is 3.52. The summed E-state index contributed by atoms with van der Waals surface area (Å²) in [5.41, 5.74) is 0. The van der Waals surface area contributed by atoms with E-state index in [0.29, 0.717) is 12.1 Å². The molecule has 0 amide bonds. The number of hydrogen-bond acceptors (Lipinski definition) is 3. The molecule has 0 aromatic heterocycles. The van der Waals surface area contributed by atoms with Gasteiger partial charge in [-0.15, -0.1) is 0 Å². The van der Waals surface area contributed by atoms with Gasteiger partial charge in [-0.3, -0.25) is 4.90 Å². The second-order valence-corrected chi connectivity index (χ2v) is 4.73. The number of hydrogen-bond donors (Lipinski definition) is 2. The zero-order valence-corrected chi connectivity index (χ0v) is 9.37. The van der Waals surface area contributed by atoms with Gasteiger partial charge in [0.15, 0.2) is 0 Å². The summed E-state index contributed by atoms with van der Waals surface area (Å²) >= 11 is 4.15. The summed E-state index contributed by atoms with van der Waals surface area (Å²) in [6.45, 7) is 1.04.